The van der Waals surface area contributed by atoms with Gasteiger partial charge in [-0.05, 0) is 0 Å². The van der Waals surface area contributed by atoms with Gasteiger partial charge in [0.1, 0.15) is 0 Å². The predicted octanol–water partition coefficient (Wildman–Crippen LogP) is -0.432. The van der Waals surface area contributed by atoms with Gasteiger partial charge in [-0.15, -0.1) is 0 Å². The Morgan fingerprint density at radius 2 is 2.00 bits per heavy atom. The van der Waals surface area contributed by atoms with Crippen LogP contribution in [0.3, 0.4) is 0 Å². The van der Waals surface area contributed by atoms with Crippen molar-refractivity contribution in [2.45, 2.75) is 10.5 Å². The summed E-state index contributed by atoms with van der Waals surface area (Å²) in [6.07, 6.45) is 0. The minimum atomic E-state index is -3.01. The molecule has 0 unspecified atom stereocenters. The minimum Gasteiger partial charge on any atom is -0.395 e. The first-order valence-corrected chi connectivity index (χ1v) is 2.74. The Labute approximate surface area is 65.4 Å². The number of hydrogen-bond acceptors (Lipinski definition) is 4. The maximum Gasteiger partial charge on any atom is 0.0576 e. The Morgan fingerprint density at radius 3 is 2.12 bits per heavy atom. The summed E-state index contributed by atoms with van der Waals surface area (Å²) in [6.45, 7) is -3.90. The lowest BCUT2D eigenvalue weighted by Gasteiger charge is -2.11. The van der Waals surface area contributed by atoms with E-state index in [9.17, 15) is 0 Å². The molecular weight excluding hydrogens is 144 g/mol. The summed E-state index contributed by atoms with van der Waals surface area (Å²) < 4.78 is 27.9. The van der Waals surface area contributed by atoms with Gasteiger partial charge < -0.3 is 10.2 Å². The van der Waals surface area contributed by atoms with Gasteiger partial charge in [-0.2, -0.15) is 25.3 Å². The van der Waals surface area contributed by atoms with Crippen LogP contribution in [0.15, 0.2) is 0 Å². The number of rotatable bonds is 3. The van der Waals surface area contributed by atoms with Gasteiger partial charge in [0.2, 0.25) is 0 Å². The molecule has 50 valence electrons. The number of thiol groups is 2. The Bertz CT molecular complexity index is 167. The smallest absolute Gasteiger partial charge is 0.0576 e. The fraction of sp³-hybridized carbons (Fsp3) is 1.00. The van der Waals surface area contributed by atoms with Gasteiger partial charge in [0.15, 0.2) is 0 Å². The van der Waals surface area contributed by atoms with Crippen LogP contribution in [0.1, 0.15) is 5.48 Å². The van der Waals surface area contributed by atoms with E-state index in [1.54, 1.807) is 0 Å². The minimum absolute atomic E-state index is 0.886. The lowest BCUT2D eigenvalue weighted by Crippen LogP contribution is -2.22. The molecule has 2 nitrogen and oxygen atoms in total. The fourth-order valence-corrected chi connectivity index (χ4v) is 0.260. The molecule has 0 saturated heterocycles. The van der Waals surface area contributed by atoms with E-state index in [0.717, 1.165) is 0 Å². The monoisotopic (exact) mass is 158 g/mol. The molecule has 2 atom stereocenters. The van der Waals surface area contributed by atoms with Crippen LogP contribution in [-0.2, 0) is 0 Å². The molecule has 0 fully saturated rings. The molecule has 0 bridgehead atoms. The average molecular weight is 158 g/mol. The van der Waals surface area contributed by atoms with E-state index in [0.29, 0.717) is 0 Å². The van der Waals surface area contributed by atoms with Crippen LogP contribution in [-0.4, -0.2) is 33.8 Å². The third kappa shape index (κ3) is 2.81. The van der Waals surface area contributed by atoms with Crippen LogP contribution in [0.4, 0.5) is 0 Å². The molecule has 0 aromatic rings. The Hall–Kier alpha value is 0.620. The molecular formula is C4H10O2S2. The van der Waals surface area contributed by atoms with Crippen LogP contribution >= 0.6 is 25.3 Å². The van der Waals surface area contributed by atoms with Gasteiger partial charge in [0.05, 0.1) is 15.9 Å². The van der Waals surface area contributed by atoms with Crippen LogP contribution in [0.2, 0.25) is 0 Å². The Morgan fingerprint density at radius 1 is 1.50 bits per heavy atom. The highest BCUT2D eigenvalue weighted by Gasteiger charge is 2.10. The fourth-order valence-electron chi connectivity index (χ4n) is 0.139. The summed E-state index contributed by atoms with van der Waals surface area (Å²) in [6, 6.07) is 0. The third-order valence-electron chi connectivity index (χ3n) is 0.529. The first-order valence-electron chi connectivity index (χ1n) is 3.84. The first-order chi connectivity index (χ1) is 5.06. The highest BCUT2D eigenvalue weighted by atomic mass is 32.1. The van der Waals surface area contributed by atoms with E-state index in [2.05, 4.69) is 25.3 Å². The van der Waals surface area contributed by atoms with Crippen LogP contribution in [0.5, 0.6) is 0 Å². The van der Waals surface area contributed by atoms with Crippen molar-refractivity contribution in [1.82, 2.24) is 0 Å². The van der Waals surface area contributed by atoms with E-state index in [-0.39, 0.29) is 0 Å². The molecule has 0 aliphatic rings. The number of aliphatic hydroxyl groups excluding tert-OH is 1. The maximum atomic E-state index is 8.80. The van der Waals surface area contributed by atoms with E-state index in [4.69, 9.17) is 15.7 Å². The van der Waals surface area contributed by atoms with Gasteiger partial charge in [0.25, 0.3) is 0 Å². The zero-order chi connectivity index (χ0) is 10.2. The largest absolute Gasteiger partial charge is 0.395 e. The standard InChI is InChI=1S/C4H10O2S2/c5-1-3(7)4(8)2-6/h3-8H,1-2H2/t3-,4+/i1D2,3D,4D/m0/s1. The summed E-state index contributed by atoms with van der Waals surface area (Å²) in [5.41, 5.74) is 0. The van der Waals surface area contributed by atoms with Crippen molar-refractivity contribution in [3.05, 3.63) is 0 Å². The third-order valence-corrected chi connectivity index (χ3v) is 1.44. The lowest BCUT2D eigenvalue weighted by molar-refractivity contribution is 0.254. The van der Waals surface area contributed by atoms with Gasteiger partial charge in [-0.1, -0.05) is 0 Å². The molecule has 0 amide bonds. The molecule has 0 heterocycles. The number of aliphatic hydroxyl groups is 2. The molecule has 0 aliphatic carbocycles. The SMILES string of the molecule is [2H]C([2H])(O)[C@]([2H])(S)[C@]([2H])(S)CO. The highest BCUT2D eigenvalue weighted by Crippen LogP contribution is 2.06. The summed E-state index contributed by atoms with van der Waals surface area (Å²) in [5, 5.41) is 12.7. The molecule has 2 N–H and O–H groups in total. The van der Waals surface area contributed by atoms with Gasteiger partial charge in [-0.3, -0.25) is 0 Å². The van der Waals surface area contributed by atoms with Crippen molar-refractivity contribution in [3.8, 4) is 0 Å². The van der Waals surface area contributed by atoms with Crippen molar-refractivity contribution in [2.24, 2.45) is 0 Å². The Kier molecular flexibility index (Phi) is 2.08. The van der Waals surface area contributed by atoms with E-state index in [1.165, 1.54) is 0 Å². The molecule has 0 aromatic carbocycles. The quantitative estimate of drug-likeness (QED) is 0.421. The molecule has 0 spiro atoms. The van der Waals surface area contributed by atoms with Crippen molar-refractivity contribution in [2.75, 3.05) is 13.2 Å². The van der Waals surface area contributed by atoms with Crippen molar-refractivity contribution in [3.63, 3.8) is 0 Å². The molecule has 0 saturated carbocycles. The molecule has 8 heavy (non-hydrogen) atoms. The van der Waals surface area contributed by atoms with Crippen LogP contribution < -0.4 is 0 Å². The number of hydrogen-bond donors (Lipinski definition) is 4. The maximum absolute atomic E-state index is 8.80. The molecule has 0 aliphatic heterocycles. The van der Waals surface area contributed by atoms with Crippen LogP contribution in [0, 0.1) is 0 Å². The van der Waals surface area contributed by atoms with Crippen LogP contribution in [0.25, 0.3) is 0 Å². The second-order valence-corrected chi connectivity index (χ2v) is 2.05. The Balaban J connectivity index is 4.85. The summed E-state index contributed by atoms with van der Waals surface area (Å²) in [5.74, 6) is 0. The van der Waals surface area contributed by atoms with E-state index < -0.39 is 23.6 Å². The van der Waals surface area contributed by atoms with Gasteiger partial charge in [0, 0.05) is 13.2 Å². The molecule has 0 aromatic heterocycles. The van der Waals surface area contributed by atoms with Gasteiger partial charge >= 0.3 is 0 Å². The second kappa shape index (κ2) is 4.49. The van der Waals surface area contributed by atoms with Gasteiger partial charge in [-0.25, -0.2) is 0 Å². The first kappa shape index (κ1) is 3.71. The van der Waals surface area contributed by atoms with E-state index >= 15 is 0 Å². The predicted molar refractivity (Wildman–Crippen MR) is 39.7 cm³/mol. The molecule has 4 heteroatoms. The zero-order valence-corrected chi connectivity index (χ0v) is 5.78. The second-order valence-electron chi connectivity index (χ2n) is 1.07. The highest BCUT2D eigenvalue weighted by molar-refractivity contribution is 7.85. The lowest BCUT2D eigenvalue weighted by atomic mass is 10.3. The zero-order valence-electron chi connectivity index (χ0n) is 8.00. The van der Waals surface area contributed by atoms with Crippen molar-refractivity contribution < 1.29 is 15.7 Å². The topological polar surface area (TPSA) is 40.5 Å². The van der Waals surface area contributed by atoms with Crippen molar-refractivity contribution >= 4 is 25.3 Å². The summed E-state index contributed by atoms with van der Waals surface area (Å²) in [4.78, 5) is 0. The molecule has 0 rings (SSSR count). The van der Waals surface area contributed by atoms with E-state index in [1.807, 2.05) is 0 Å². The van der Waals surface area contributed by atoms with Crippen molar-refractivity contribution in [1.29, 1.82) is 0 Å². The molecule has 0 radical (unpaired) electrons. The normalized spacial score (nSPS) is 35.0. The average Bonchev–Trinajstić information content (AvgIpc) is 1.85. The summed E-state index contributed by atoms with van der Waals surface area (Å²) in [7, 11) is 0. The summed E-state index contributed by atoms with van der Waals surface area (Å²) >= 11 is 6.96.